The molecule has 0 aliphatic heterocycles. The van der Waals surface area contributed by atoms with E-state index >= 15 is 0 Å². The molecule has 0 radical (unpaired) electrons. The number of rotatable bonds is 6. The molecule has 0 saturated heterocycles. The number of nitrogens with zero attached hydrogens (tertiary/aromatic N) is 1. The summed E-state index contributed by atoms with van der Waals surface area (Å²) in [5.41, 5.74) is 0.556. The standard InChI is InChI=1S/C19H21ClN2O4S/c1-13(2)27(25,26)17-10-5-4-9-16(17)19(24)22(3)12-18(23)21-15-8-6-7-14(20)11-15/h4-11,13H,12H2,1-3H3,(H,21,23). The van der Waals surface area contributed by atoms with Gasteiger partial charge >= 0.3 is 0 Å². The number of carbonyl (C=O) groups excluding carboxylic acids is 2. The molecule has 1 N–H and O–H groups in total. The van der Waals surface area contributed by atoms with Crippen LogP contribution in [-0.4, -0.2) is 44.0 Å². The molecule has 27 heavy (non-hydrogen) atoms. The Morgan fingerprint density at radius 1 is 1.11 bits per heavy atom. The maximum Gasteiger partial charge on any atom is 0.255 e. The van der Waals surface area contributed by atoms with Gasteiger partial charge in [0.2, 0.25) is 5.91 Å². The number of likely N-dealkylation sites (N-methyl/N-ethyl adjacent to an activating group) is 1. The number of benzene rings is 2. The summed E-state index contributed by atoms with van der Waals surface area (Å²) in [7, 11) is -2.19. The molecular formula is C19H21ClN2O4S. The molecule has 0 aliphatic carbocycles. The first kappa shape index (κ1) is 20.9. The predicted molar refractivity (Wildman–Crippen MR) is 106 cm³/mol. The van der Waals surface area contributed by atoms with Crippen LogP contribution >= 0.6 is 11.6 Å². The van der Waals surface area contributed by atoms with Crippen LogP contribution < -0.4 is 5.32 Å². The first-order chi connectivity index (χ1) is 12.6. The number of nitrogens with one attached hydrogen (secondary N) is 1. The number of sulfone groups is 1. The third-order valence-electron chi connectivity index (χ3n) is 3.88. The van der Waals surface area contributed by atoms with E-state index in [1.54, 1.807) is 50.2 Å². The number of amides is 2. The minimum absolute atomic E-state index is 0.0351. The Hall–Kier alpha value is -2.38. The van der Waals surface area contributed by atoms with Gasteiger partial charge in [0.1, 0.15) is 0 Å². The van der Waals surface area contributed by atoms with Crippen LogP contribution in [0.15, 0.2) is 53.4 Å². The molecule has 0 fully saturated rings. The van der Waals surface area contributed by atoms with Crippen molar-refractivity contribution in [2.75, 3.05) is 18.9 Å². The fourth-order valence-electron chi connectivity index (χ4n) is 2.40. The minimum atomic E-state index is -3.63. The van der Waals surface area contributed by atoms with Gasteiger partial charge in [-0.1, -0.05) is 29.8 Å². The Kier molecular flexibility index (Phi) is 6.62. The summed E-state index contributed by atoms with van der Waals surface area (Å²) >= 11 is 5.88. The van der Waals surface area contributed by atoms with Crippen molar-refractivity contribution in [3.8, 4) is 0 Å². The van der Waals surface area contributed by atoms with Gasteiger partial charge in [0.05, 0.1) is 22.3 Å². The normalized spacial score (nSPS) is 11.3. The second-order valence-electron chi connectivity index (χ2n) is 6.31. The highest BCUT2D eigenvalue weighted by atomic mass is 35.5. The van der Waals surface area contributed by atoms with Crippen LogP contribution in [0.1, 0.15) is 24.2 Å². The number of hydrogen-bond acceptors (Lipinski definition) is 4. The van der Waals surface area contributed by atoms with Crippen LogP contribution in [0, 0.1) is 0 Å². The molecule has 0 aromatic heterocycles. The van der Waals surface area contributed by atoms with Crippen LogP contribution in [0.3, 0.4) is 0 Å². The van der Waals surface area contributed by atoms with Gasteiger partial charge in [0.15, 0.2) is 9.84 Å². The second kappa shape index (κ2) is 8.54. The zero-order valence-corrected chi connectivity index (χ0v) is 16.8. The summed E-state index contributed by atoms with van der Waals surface area (Å²) in [6.07, 6.45) is 0. The van der Waals surface area contributed by atoms with Crippen molar-refractivity contribution < 1.29 is 18.0 Å². The van der Waals surface area contributed by atoms with Crippen LogP contribution in [0.4, 0.5) is 5.69 Å². The third-order valence-corrected chi connectivity index (χ3v) is 6.33. The lowest BCUT2D eigenvalue weighted by atomic mass is 10.2. The monoisotopic (exact) mass is 408 g/mol. The van der Waals surface area contributed by atoms with Gasteiger partial charge in [-0.15, -0.1) is 0 Å². The Morgan fingerprint density at radius 2 is 1.78 bits per heavy atom. The maximum absolute atomic E-state index is 12.7. The summed E-state index contributed by atoms with van der Waals surface area (Å²) in [6, 6.07) is 12.6. The molecule has 0 atom stereocenters. The summed E-state index contributed by atoms with van der Waals surface area (Å²) in [4.78, 5) is 26.1. The molecule has 0 saturated carbocycles. The topological polar surface area (TPSA) is 83.6 Å². The Morgan fingerprint density at radius 3 is 2.41 bits per heavy atom. The molecule has 2 aromatic rings. The van der Waals surface area contributed by atoms with Gasteiger partial charge in [0, 0.05) is 17.8 Å². The molecule has 2 amide bonds. The number of carbonyl (C=O) groups is 2. The van der Waals surface area contributed by atoms with Gasteiger partial charge in [0.25, 0.3) is 5.91 Å². The van der Waals surface area contributed by atoms with Crippen LogP contribution in [0.25, 0.3) is 0 Å². The van der Waals surface area contributed by atoms with E-state index in [2.05, 4.69) is 5.32 Å². The molecule has 144 valence electrons. The van der Waals surface area contributed by atoms with Gasteiger partial charge in [-0.3, -0.25) is 9.59 Å². The van der Waals surface area contributed by atoms with Crippen molar-refractivity contribution in [2.24, 2.45) is 0 Å². The van der Waals surface area contributed by atoms with Crippen molar-refractivity contribution in [1.82, 2.24) is 4.90 Å². The van der Waals surface area contributed by atoms with E-state index in [1.165, 1.54) is 24.1 Å². The molecule has 0 heterocycles. The van der Waals surface area contributed by atoms with Crippen LogP contribution in [0.2, 0.25) is 5.02 Å². The smallest absolute Gasteiger partial charge is 0.255 e. The summed E-state index contributed by atoms with van der Waals surface area (Å²) in [5.74, 6) is -0.964. The molecule has 8 heteroatoms. The van der Waals surface area contributed by atoms with Crippen molar-refractivity contribution in [1.29, 1.82) is 0 Å². The van der Waals surface area contributed by atoms with Crippen molar-refractivity contribution in [2.45, 2.75) is 24.0 Å². The zero-order chi connectivity index (χ0) is 20.2. The highest BCUT2D eigenvalue weighted by Crippen LogP contribution is 2.22. The molecule has 0 aliphatic rings. The summed E-state index contributed by atoms with van der Waals surface area (Å²) in [5, 5.41) is 2.46. The Balaban J connectivity index is 2.17. The van der Waals surface area contributed by atoms with Gasteiger partial charge in [-0.25, -0.2) is 8.42 Å². The highest BCUT2D eigenvalue weighted by Gasteiger charge is 2.27. The van der Waals surface area contributed by atoms with E-state index in [4.69, 9.17) is 11.6 Å². The molecule has 6 nitrogen and oxygen atoms in total. The van der Waals surface area contributed by atoms with E-state index in [-0.39, 0.29) is 17.0 Å². The minimum Gasteiger partial charge on any atom is -0.332 e. The quantitative estimate of drug-likeness (QED) is 0.795. The molecule has 2 aromatic carbocycles. The molecule has 2 rings (SSSR count). The van der Waals surface area contributed by atoms with E-state index in [0.717, 1.165) is 0 Å². The molecule has 0 bridgehead atoms. The first-order valence-electron chi connectivity index (χ1n) is 8.26. The van der Waals surface area contributed by atoms with Gasteiger partial charge in [-0.2, -0.15) is 0 Å². The average Bonchev–Trinajstić information content (AvgIpc) is 2.60. The second-order valence-corrected chi connectivity index (χ2v) is 9.22. The Bertz CT molecular complexity index is 958. The van der Waals surface area contributed by atoms with Crippen molar-refractivity contribution in [3.63, 3.8) is 0 Å². The summed E-state index contributed by atoms with van der Waals surface area (Å²) < 4.78 is 25.0. The van der Waals surface area contributed by atoms with E-state index in [9.17, 15) is 18.0 Å². The van der Waals surface area contributed by atoms with E-state index in [0.29, 0.717) is 10.7 Å². The molecular weight excluding hydrogens is 388 g/mol. The fraction of sp³-hybridized carbons (Fsp3) is 0.263. The first-order valence-corrected chi connectivity index (χ1v) is 10.2. The lowest BCUT2D eigenvalue weighted by molar-refractivity contribution is -0.116. The van der Waals surface area contributed by atoms with Crippen LogP contribution in [-0.2, 0) is 14.6 Å². The van der Waals surface area contributed by atoms with E-state index < -0.39 is 26.9 Å². The zero-order valence-electron chi connectivity index (χ0n) is 15.3. The van der Waals surface area contributed by atoms with Crippen molar-refractivity contribution in [3.05, 3.63) is 59.1 Å². The van der Waals surface area contributed by atoms with Crippen molar-refractivity contribution >= 4 is 38.9 Å². The Labute approximate surface area is 164 Å². The fourth-order valence-corrected chi connectivity index (χ4v) is 3.83. The highest BCUT2D eigenvalue weighted by molar-refractivity contribution is 7.92. The number of halogens is 1. The number of hydrogen-bond donors (Lipinski definition) is 1. The van der Waals surface area contributed by atoms with Gasteiger partial charge in [-0.05, 0) is 44.2 Å². The average molecular weight is 409 g/mol. The SMILES string of the molecule is CC(C)S(=O)(=O)c1ccccc1C(=O)N(C)CC(=O)Nc1cccc(Cl)c1. The predicted octanol–water partition coefficient (Wildman–Crippen LogP) is 3.23. The van der Waals surface area contributed by atoms with E-state index in [1.807, 2.05) is 0 Å². The largest absolute Gasteiger partial charge is 0.332 e. The lowest BCUT2D eigenvalue weighted by Gasteiger charge is -2.19. The molecule has 0 unspecified atom stereocenters. The number of anilines is 1. The summed E-state index contributed by atoms with van der Waals surface area (Å²) in [6.45, 7) is 2.87. The molecule has 0 spiro atoms. The maximum atomic E-state index is 12.7. The third kappa shape index (κ3) is 5.08. The lowest BCUT2D eigenvalue weighted by Crippen LogP contribution is -2.35. The van der Waals surface area contributed by atoms with Gasteiger partial charge < -0.3 is 10.2 Å². The van der Waals surface area contributed by atoms with Crippen LogP contribution in [0.5, 0.6) is 0 Å².